The second-order valence-electron chi connectivity index (χ2n) is 6.21. The maximum atomic E-state index is 12.6. The highest BCUT2D eigenvalue weighted by Gasteiger charge is 2.32. The number of amides is 1. The Labute approximate surface area is 146 Å². The molecule has 25 heavy (non-hydrogen) atoms. The first-order chi connectivity index (χ1) is 12.1. The lowest BCUT2D eigenvalue weighted by Crippen LogP contribution is -2.40. The quantitative estimate of drug-likeness (QED) is 0.910. The van der Waals surface area contributed by atoms with Crippen molar-refractivity contribution in [2.45, 2.75) is 25.3 Å². The first-order valence-corrected chi connectivity index (χ1v) is 8.30. The van der Waals surface area contributed by atoms with Crippen LogP contribution in [0.3, 0.4) is 0 Å². The monoisotopic (exact) mass is 339 g/mol. The molecule has 0 bridgehead atoms. The fourth-order valence-corrected chi connectivity index (χ4v) is 3.21. The summed E-state index contributed by atoms with van der Waals surface area (Å²) in [6, 6.07) is 15.1. The average molecular weight is 339 g/mol. The van der Waals surface area contributed by atoms with E-state index in [0.29, 0.717) is 19.4 Å². The Morgan fingerprint density at radius 1 is 1.16 bits per heavy atom. The molecular weight excluding hydrogens is 318 g/mol. The highest BCUT2D eigenvalue weighted by atomic mass is 16.5. The Bertz CT molecular complexity index is 770. The minimum Gasteiger partial charge on any atom is -0.497 e. The van der Waals surface area contributed by atoms with Gasteiger partial charge in [0.1, 0.15) is 5.75 Å². The number of carboxylic acid groups (broad SMARTS) is 1. The van der Waals surface area contributed by atoms with Gasteiger partial charge in [-0.15, -0.1) is 0 Å². The number of benzene rings is 2. The molecule has 0 saturated heterocycles. The van der Waals surface area contributed by atoms with Crippen LogP contribution >= 0.6 is 0 Å². The van der Waals surface area contributed by atoms with Crippen LogP contribution in [0.2, 0.25) is 0 Å². The fraction of sp³-hybridized carbons (Fsp3) is 0.300. The summed E-state index contributed by atoms with van der Waals surface area (Å²) in [6.07, 6.45) is 0.986. The Balaban J connectivity index is 1.67. The van der Waals surface area contributed by atoms with E-state index in [4.69, 9.17) is 4.74 Å². The van der Waals surface area contributed by atoms with Gasteiger partial charge < -0.3 is 14.7 Å². The van der Waals surface area contributed by atoms with Gasteiger partial charge in [0.15, 0.2) is 0 Å². The van der Waals surface area contributed by atoms with E-state index in [1.165, 1.54) is 0 Å². The summed E-state index contributed by atoms with van der Waals surface area (Å²) in [5, 5.41) is 9.49. The molecule has 0 fully saturated rings. The molecular formula is C20H21NO4. The van der Waals surface area contributed by atoms with Gasteiger partial charge in [0.25, 0.3) is 0 Å². The second kappa shape index (κ2) is 7.38. The normalized spacial score (nSPS) is 16.2. The molecule has 0 aromatic heterocycles. The predicted octanol–water partition coefficient (Wildman–Crippen LogP) is 2.84. The second-order valence-corrected chi connectivity index (χ2v) is 6.21. The van der Waals surface area contributed by atoms with Crippen molar-refractivity contribution in [2.24, 2.45) is 0 Å². The smallest absolute Gasteiger partial charge is 0.312 e. The molecule has 2 aromatic carbocycles. The molecule has 2 aromatic rings. The van der Waals surface area contributed by atoms with E-state index >= 15 is 0 Å². The van der Waals surface area contributed by atoms with Gasteiger partial charge in [-0.1, -0.05) is 36.4 Å². The van der Waals surface area contributed by atoms with Crippen LogP contribution in [0.1, 0.15) is 29.0 Å². The minimum atomic E-state index is -0.889. The molecule has 1 amide bonds. The number of methoxy groups -OCH3 is 1. The number of carbonyl (C=O) groups excluding carboxylic acids is 1. The van der Waals surface area contributed by atoms with Crippen LogP contribution in [0.4, 0.5) is 0 Å². The van der Waals surface area contributed by atoms with E-state index in [0.717, 1.165) is 22.4 Å². The van der Waals surface area contributed by atoms with Crippen molar-refractivity contribution in [1.82, 2.24) is 4.90 Å². The number of carboxylic acids is 1. The zero-order valence-corrected chi connectivity index (χ0v) is 14.1. The molecule has 0 radical (unpaired) electrons. The summed E-state index contributed by atoms with van der Waals surface area (Å²) < 4.78 is 5.13. The number of aryl methyl sites for hydroxylation is 1. The van der Waals surface area contributed by atoms with Crippen molar-refractivity contribution in [2.75, 3.05) is 13.7 Å². The number of rotatable bonds is 5. The highest BCUT2D eigenvalue weighted by molar-refractivity contribution is 5.81. The third-order valence-corrected chi connectivity index (χ3v) is 4.63. The lowest BCUT2D eigenvalue weighted by molar-refractivity contribution is -0.141. The molecule has 1 atom stereocenters. The Kier molecular flexibility index (Phi) is 5.03. The largest absolute Gasteiger partial charge is 0.497 e. The zero-order valence-electron chi connectivity index (χ0n) is 14.1. The van der Waals surface area contributed by atoms with E-state index in [-0.39, 0.29) is 12.5 Å². The van der Waals surface area contributed by atoms with Crippen LogP contribution in [0, 0.1) is 0 Å². The molecule has 0 saturated carbocycles. The topological polar surface area (TPSA) is 66.8 Å². The van der Waals surface area contributed by atoms with E-state index in [1.807, 2.05) is 48.5 Å². The number of fused-ring (bicyclic) bond motifs is 1. The summed E-state index contributed by atoms with van der Waals surface area (Å²) >= 11 is 0. The van der Waals surface area contributed by atoms with Crippen molar-refractivity contribution in [3.63, 3.8) is 0 Å². The van der Waals surface area contributed by atoms with Crippen LogP contribution < -0.4 is 4.74 Å². The first kappa shape index (κ1) is 17.0. The van der Waals surface area contributed by atoms with Crippen LogP contribution in [0.5, 0.6) is 5.75 Å². The third kappa shape index (κ3) is 3.82. The van der Waals surface area contributed by atoms with Gasteiger partial charge in [0.05, 0.1) is 13.0 Å². The third-order valence-electron chi connectivity index (χ3n) is 4.63. The molecule has 0 aliphatic carbocycles. The molecule has 3 rings (SSSR count). The minimum absolute atomic E-state index is 0.0171. The SMILES string of the molecule is COc1ccc(CCC(=O)N2Cc3ccccc3C(C(=O)O)C2)cc1. The number of carbonyl (C=O) groups is 2. The van der Waals surface area contributed by atoms with E-state index in [1.54, 1.807) is 12.0 Å². The van der Waals surface area contributed by atoms with Crippen molar-refractivity contribution >= 4 is 11.9 Å². The molecule has 1 unspecified atom stereocenters. The summed E-state index contributed by atoms with van der Waals surface area (Å²) in [4.78, 5) is 25.8. The summed E-state index contributed by atoms with van der Waals surface area (Å²) in [7, 11) is 1.62. The average Bonchev–Trinajstić information content (AvgIpc) is 2.65. The Morgan fingerprint density at radius 2 is 1.88 bits per heavy atom. The molecule has 5 heteroatoms. The fourth-order valence-electron chi connectivity index (χ4n) is 3.21. The maximum absolute atomic E-state index is 12.6. The molecule has 1 aliphatic heterocycles. The van der Waals surface area contributed by atoms with Crippen molar-refractivity contribution in [3.8, 4) is 5.75 Å². The van der Waals surface area contributed by atoms with Crippen LogP contribution in [0.15, 0.2) is 48.5 Å². The molecule has 0 spiro atoms. The maximum Gasteiger partial charge on any atom is 0.312 e. The highest BCUT2D eigenvalue weighted by Crippen LogP contribution is 2.29. The standard InChI is InChI=1S/C20H21NO4/c1-25-16-9-6-14(7-10-16)8-11-19(22)21-12-15-4-2-3-5-17(15)18(13-21)20(23)24/h2-7,9-10,18H,8,11-13H2,1H3,(H,23,24). The number of hydrogen-bond acceptors (Lipinski definition) is 3. The van der Waals surface area contributed by atoms with E-state index < -0.39 is 11.9 Å². The summed E-state index contributed by atoms with van der Waals surface area (Å²) in [6.45, 7) is 0.704. The number of ether oxygens (including phenoxy) is 1. The van der Waals surface area contributed by atoms with Gasteiger partial charge >= 0.3 is 5.97 Å². The van der Waals surface area contributed by atoms with Crippen molar-refractivity contribution in [3.05, 3.63) is 65.2 Å². The number of hydrogen-bond donors (Lipinski definition) is 1. The van der Waals surface area contributed by atoms with Gasteiger partial charge in [-0.3, -0.25) is 9.59 Å². The van der Waals surface area contributed by atoms with Gasteiger partial charge in [-0.25, -0.2) is 0 Å². The molecule has 1 N–H and O–H groups in total. The van der Waals surface area contributed by atoms with Gasteiger partial charge in [-0.2, -0.15) is 0 Å². The zero-order chi connectivity index (χ0) is 17.8. The first-order valence-electron chi connectivity index (χ1n) is 8.30. The van der Waals surface area contributed by atoms with E-state index in [2.05, 4.69) is 0 Å². The summed E-state index contributed by atoms with van der Waals surface area (Å²) in [5.74, 6) is -0.779. The summed E-state index contributed by atoms with van der Waals surface area (Å²) in [5.41, 5.74) is 2.79. The van der Waals surface area contributed by atoms with Gasteiger partial charge in [0, 0.05) is 19.5 Å². The lowest BCUT2D eigenvalue weighted by Gasteiger charge is -2.33. The molecule has 130 valence electrons. The predicted molar refractivity (Wildman–Crippen MR) is 93.6 cm³/mol. The van der Waals surface area contributed by atoms with E-state index in [9.17, 15) is 14.7 Å². The molecule has 1 aliphatic rings. The number of nitrogens with zero attached hydrogens (tertiary/aromatic N) is 1. The lowest BCUT2D eigenvalue weighted by atomic mass is 9.89. The van der Waals surface area contributed by atoms with Crippen LogP contribution in [-0.2, 0) is 22.6 Å². The van der Waals surface area contributed by atoms with Crippen LogP contribution in [-0.4, -0.2) is 35.5 Å². The molecule has 1 heterocycles. The number of aliphatic carboxylic acids is 1. The van der Waals surface area contributed by atoms with Gasteiger partial charge in [0.2, 0.25) is 5.91 Å². The molecule has 5 nitrogen and oxygen atoms in total. The Hall–Kier alpha value is -2.82. The van der Waals surface area contributed by atoms with Crippen LogP contribution in [0.25, 0.3) is 0 Å². The van der Waals surface area contributed by atoms with Crippen molar-refractivity contribution < 1.29 is 19.4 Å². The van der Waals surface area contributed by atoms with Crippen molar-refractivity contribution in [1.29, 1.82) is 0 Å². The van der Waals surface area contributed by atoms with Gasteiger partial charge in [-0.05, 0) is 35.2 Å². The Morgan fingerprint density at radius 3 is 2.56 bits per heavy atom.